The van der Waals surface area contributed by atoms with E-state index in [4.69, 9.17) is 0 Å². The second kappa shape index (κ2) is 9.55. The van der Waals surface area contributed by atoms with Gasteiger partial charge in [0, 0.05) is 64.4 Å². The van der Waals surface area contributed by atoms with Crippen molar-refractivity contribution < 1.29 is 9.59 Å². The summed E-state index contributed by atoms with van der Waals surface area (Å²) in [6.07, 6.45) is 8.47. The Hall–Kier alpha value is -1.18. The molecule has 0 radical (unpaired) electrons. The van der Waals surface area contributed by atoms with Gasteiger partial charge in [0.25, 0.3) is 0 Å². The van der Waals surface area contributed by atoms with Crippen molar-refractivity contribution in [3.63, 3.8) is 0 Å². The van der Waals surface area contributed by atoms with Crippen molar-refractivity contribution >= 4 is 11.8 Å². The maximum absolute atomic E-state index is 12.4. The zero-order valence-corrected chi connectivity index (χ0v) is 17.3. The molecule has 0 unspecified atom stereocenters. The standard InChI is InChI=1S/C21H37N5O2/c27-20(22-18-6-10-25(11-7-18)19-4-5-19)16-23-12-14-24(15-13-23)17-21(28)26-8-2-1-3-9-26/h18-19H,1-17H2,(H,22,27). The van der Waals surface area contributed by atoms with Gasteiger partial charge in [0.05, 0.1) is 13.1 Å². The van der Waals surface area contributed by atoms with Crippen molar-refractivity contribution in [3.8, 4) is 0 Å². The molecule has 7 nitrogen and oxygen atoms in total. The average Bonchev–Trinajstić information content (AvgIpc) is 3.56. The number of hydrogen-bond acceptors (Lipinski definition) is 5. The molecule has 3 aliphatic heterocycles. The van der Waals surface area contributed by atoms with Crippen molar-refractivity contribution in [2.24, 2.45) is 0 Å². The molecule has 0 bridgehead atoms. The summed E-state index contributed by atoms with van der Waals surface area (Å²) in [5.41, 5.74) is 0. The Bertz CT molecular complexity index is 531. The topological polar surface area (TPSA) is 59.1 Å². The van der Waals surface area contributed by atoms with Crippen molar-refractivity contribution in [1.82, 2.24) is 24.9 Å². The number of piperazine rings is 1. The highest BCUT2D eigenvalue weighted by Crippen LogP contribution is 2.29. The number of carbonyl (C=O) groups excluding carboxylic acids is 2. The Balaban J connectivity index is 1.10. The van der Waals surface area contributed by atoms with Crippen LogP contribution in [0.15, 0.2) is 0 Å². The summed E-state index contributed by atoms with van der Waals surface area (Å²) in [6.45, 7) is 8.69. The lowest BCUT2D eigenvalue weighted by molar-refractivity contribution is -0.134. The fraction of sp³-hybridized carbons (Fsp3) is 0.905. The molecule has 4 fully saturated rings. The van der Waals surface area contributed by atoms with Gasteiger partial charge >= 0.3 is 0 Å². The molecule has 1 N–H and O–H groups in total. The number of carbonyl (C=O) groups is 2. The van der Waals surface area contributed by atoms with Crippen molar-refractivity contribution in [2.45, 2.75) is 57.0 Å². The molecule has 1 aliphatic carbocycles. The minimum absolute atomic E-state index is 0.169. The van der Waals surface area contributed by atoms with Gasteiger partial charge in [-0.25, -0.2) is 0 Å². The quantitative estimate of drug-likeness (QED) is 0.709. The maximum atomic E-state index is 12.4. The van der Waals surface area contributed by atoms with E-state index in [0.717, 1.165) is 84.1 Å². The molecule has 0 aromatic rings. The summed E-state index contributed by atoms with van der Waals surface area (Å²) in [4.78, 5) is 33.9. The Labute approximate surface area is 169 Å². The molecule has 0 aromatic carbocycles. The zero-order valence-electron chi connectivity index (χ0n) is 17.3. The smallest absolute Gasteiger partial charge is 0.236 e. The van der Waals surface area contributed by atoms with Crippen molar-refractivity contribution in [1.29, 1.82) is 0 Å². The lowest BCUT2D eigenvalue weighted by Gasteiger charge is -2.36. The Morgan fingerprint density at radius 3 is 1.93 bits per heavy atom. The first-order valence-corrected chi connectivity index (χ1v) is 11.4. The second-order valence-corrected chi connectivity index (χ2v) is 9.10. The number of amides is 2. The van der Waals surface area contributed by atoms with Gasteiger partial charge in [-0.3, -0.25) is 19.4 Å². The Morgan fingerprint density at radius 2 is 1.32 bits per heavy atom. The van der Waals surface area contributed by atoms with Gasteiger partial charge in [-0.1, -0.05) is 0 Å². The Morgan fingerprint density at radius 1 is 0.714 bits per heavy atom. The number of likely N-dealkylation sites (tertiary alicyclic amines) is 2. The molecule has 1 saturated carbocycles. The van der Waals surface area contributed by atoms with E-state index >= 15 is 0 Å². The third-order valence-corrected chi connectivity index (χ3v) is 6.86. The minimum Gasteiger partial charge on any atom is -0.352 e. The van der Waals surface area contributed by atoms with Crippen LogP contribution in [-0.4, -0.2) is 109 Å². The van der Waals surface area contributed by atoms with Crippen LogP contribution in [0.4, 0.5) is 0 Å². The molecule has 3 heterocycles. The lowest BCUT2D eigenvalue weighted by atomic mass is 10.0. The molecule has 2 amide bonds. The molecule has 0 aromatic heterocycles. The summed E-state index contributed by atoms with van der Waals surface area (Å²) < 4.78 is 0. The van der Waals surface area contributed by atoms with Gasteiger partial charge < -0.3 is 15.1 Å². The number of piperidine rings is 2. The van der Waals surface area contributed by atoms with Gasteiger partial charge in [-0.05, 0) is 44.9 Å². The van der Waals surface area contributed by atoms with Crippen LogP contribution < -0.4 is 5.32 Å². The molecule has 0 atom stereocenters. The summed E-state index contributed by atoms with van der Waals surface area (Å²) in [5, 5.41) is 3.25. The molecule has 158 valence electrons. The largest absolute Gasteiger partial charge is 0.352 e. The normalized spacial score (nSPS) is 26.4. The summed E-state index contributed by atoms with van der Waals surface area (Å²) in [6, 6.07) is 1.20. The van der Waals surface area contributed by atoms with Gasteiger partial charge in [0.1, 0.15) is 0 Å². The molecule has 28 heavy (non-hydrogen) atoms. The predicted octanol–water partition coefficient (Wildman–Crippen LogP) is 0.360. The van der Waals surface area contributed by atoms with Crippen LogP contribution in [0, 0.1) is 0 Å². The fourth-order valence-corrected chi connectivity index (χ4v) is 4.87. The molecule has 4 rings (SSSR count). The molecular weight excluding hydrogens is 354 g/mol. The van der Waals surface area contributed by atoms with Crippen LogP contribution in [0.5, 0.6) is 0 Å². The van der Waals surface area contributed by atoms with Crippen molar-refractivity contribution in [2.75, 3.05) is 65.4 Å². The van der Waals surface area contributed by atoms with Crippen LogP contribution in [0.25, 0.3) is 0 Å². The highest BCUT2D eigenvalue weighted by Gasteiger charge is 2.32. The number of hydrogen-bond donors (Lipinski definition) is 1. The summed E-state index contributed by atoms with van der Waals surface area (Å²) in [5.74, 6) is 0.450. The Kier molecular flexibility index (Phi) is 6.86. The molecule has 3 saturated heterocycles. The predicted molar refractivity (Wildman–Crippen MR) is 109 cm³/mol. The maximum Gasteiger partial charge on any atom is 0.236 e. The summed E-state index contributed by atoms with van der Waals surface area (Å²) in [7, 11) is 0. The van der Waals surface area contributed by atoms with E-state index < -0.39 is 0 Å². The van der Waals surface area contributed by atoms with Crippen LogP contribution in [0.2, 0.25) is 0 Å². The molecule has 7 heteroatoms. The first-order chi connectivity index (χ1) is 13.7. The lowest BCUT2D eigenvalue weighted by Crippen LogP contribution is -2.53. The fourth-order valence-electron chi connectivity index (χ4n) is 4.87. The van der Waals surface area contributed by atoms with E-state index in [1.54, 1.807) is 0 Å². The number of nitrogens with zero attached hydrogens (tertiary/aromatic N) is 4. The van der Waals surface area contributed by atoms with Crippen LogP contribution in [0.1, 0.15) is 44.9 Å². The van der Waals surface area contributed by atoms with E-state index in [1.165, 1.54) is 19.3 Å². The third kappa shape index (κ3) is 5.67. The molecular formula is C21H37N5O2. The first kappa shape index (κ1) is 20.1. The average molecular weight is 392 g/mol. The van der Waals surface area contributed by atoms with E-state index in [1.807, 2.05) is 4.90 Å². The van der Waals surface area contributed by atoms with E-state index in [2.05, 4.69) is 20.0 Å². The van der Waals surface area contributed by atoms with E-state index in [0.29, 0.717) is 19.1 Å². The van der Waals surface area contributed by atoms with Gasteiger partial charge in [0.15, 0.2) is 0 Å². The van der Waals surface area contributed by atoms with Gasteiger partial charge in [-0.15, -0.1) is 0 Å². The van der Waals surface area contributed by atoms with Gasteiger partial charge in [-0.2, -0.15) is 0 Å². The second-order valence-electron chi connectivity index (χ2n) is 9.10. The monoisotopic (exact) mass is 391 g/mol. The minimum atomic E-state index is 0.169. The van der Waals surface area contributed by atoms with Crippen LogP contribution in [0.3, 0.4) is 0 Å². The summed E-state index contributed by atoms with van der Waals surface area (Å²) >= 11 is 0. The van der Waals surface area contributed by atoms with Crippen molar-refractivity contribution in [3.05, 3.63) is 0 Å². The molecule has 0 spiro atoms. The SMILES string of the molecule is O=C(CN1CCN(CC(=O)N2CCCCC2)CC1)NC1CCN(C2CC2)CC1. The zero-order chi connectivity index (χ0) is 19.3. The first-order valence-electron chi connectivity index (χ1n) is 11.4. The highest BCUT2D eigenvalue weighted by molar-refractivity contribution is 5.79. The highest BCUT2D eigenvalue weighted by atomic mass is 16.2. The number of nitrogens with one attached hydrogen (secondary N) is 1. The van der Waals surface area contributed by atoms with Crippen LogP contribution in [-0.2, 0) is 9.59 Å². The molecule has 4 aliphatic rings. The van der Waals surface area contributed by atoms with Crippen LogP contribution >= 0.6 is 0 Å². The van der Waals surface area contributed by atoms with E-state index in [-0.39, 0.29) is 11.8 Å². The number of rotatable bonds is 6. The van der Waals surface area contributed by atoms with E-state index in [9.17, 15) is 9.59 Å². The third-order valence-electron chi connectivity index (χ3n) is 6.86. The van der Waals surface area contributed by atoms with Gasteiger partial charge in [0.2, 0.25) is 11.8 Å².